The molecule has 0 bridgehead atoms. The number of ether oxygens (including phenoxy) is 1. The molecular formula is C23H29N5O4S. The fraction of sp³-hybridized carbons (Fsp3) is 0.391. The first kappa shape index (κ1) is 25.8. The third-order valence-corrected chi connectivity index (χ3v) is 5.94. The Morgan fingerprint density at radius 1 is 1.21 bits per heavy atom. The molecule has 0 saturated heterocycles. The zero-order chi connectivity index (χ0) is 24.4. The number of anilines is 2. The summed E-state index contributed by atoms with van der Waals surface area (Å²) in [6, 6.07) is 8.98. The van der Waals surface area contributed by atoms with E-state index in [0.717, 1.165) is 24.4 Å². The van der Waals surface area contributed by atoms with Gasteiger partial charge in [0.15, 0.2) is 5.57 Å². The second-order valence-electron chi connectivity index (χ2n) is 6.91. The third kappa shape index (κ3) is 6.78. The maximum absolute atomic E-state index is 12.8. The standard InChI is InChI=1S/C23H29N5O4S/c1-5-27(6-2)15-20(29)26-17-11-9-10-16(12-17)25-14-19-21(30)28(7-3)22(33-19)18(13-24)23(31)32-8-4/h9-12,14,25H,5-8,15H2,1-4H3,(H,26,29)/b19-14+,22-18-. The number of amides is 1. The van der Waals surface area contributed by atoms with E-state index in [1.54, 1.807) is 38.1 Å². The summed E-state index contributed by atoms with van der Waals surface area (Å²) in [6.07, 6.45) is 1.53. The molecular weight excluding hydrogens is 442 g/mol. The number of benzene rings is 1. The molecule has 176 valence electrons. The molecule has 1 aromatic heterocycles. The van der Waals surface area contributed by atoms with Gasteiger partial charge in [-0.25, -0.2) is 4.79 Å². The Hall–Kier alpha value is -3.42. The normalized spacial score (nSPS) is 12.3. The minimum atomic E-state index is -0.754. The summed E-state index contributed by atoms with van der Waals surface area (Å²) in [4.78, 5) is 39.2. The topological polar surface area (TPSA) is 116 Å². The molecule has 0 fully saturated rings. The molecule has 0 unspecified atom stereocenters. The molecule has 33 heavy (non-hydrogen) atoms. The lowest BCUT2D eigenvalue weighted by atomic mass is 10.2. The van der Waals surface area contributed by atoms with Crippen LogP contribution in [0.1, 0.15) is 27.7 Å². The van der Waals surface area contributed by atoms with Gasteiger partial charge in [-0.15, -0.1) is 11.3 Å². The fourth-order valence-electron chi connectivity index (χ4n) is 3.06. The average molecular weight is 472 g/mol. The number of aromatic nitrogens is 1. The van der Waals surface area contributed by atoms with E-state index in [0.29, 0.717) is 29.0 Å². The van der Waals surface area contributed by atoms with Crippen LogP contribution in [0.3, 0.4) is 0 Å². The fourth-order valence-corrected chi connectivity index (χ4v) is 4.14. The lowest BCUT2D eigenvalue weighted by Gasteiger charge is -2.17. The van der Waals surface area contributed by atoms with Crippen LogP contribution in [0.4, 0.5) is 11.4 Å². The predicted octanol–water partition coefficient (Wildman–Crippen LogP) is 1.30. The van der Waals surface area contributed by atoms with Crippen molar-refractivity contribution in [1.82, 2.24) is 9.47 Å². The highest BCUT2D eigenvalue weighted by atomic mass is 32.1. The number of thiazole rings is 1. The number of carbonyl (C=O) groups excluding carboxylic acids is 2. The summed E-state index contributed by atoms with van der Waals surface area (Å²) in [5, 5.41) is 15.4. The minimum absolute atomic E-state index is 0.105. The lowest BCUT2D eigenvalue weighted by molar-refractivity contribution is -0.136. The maximum Gasteiger partial charge on any atom is 0.351 e. The van der Waals surface area contributed by atoms with Crippen LogP contribution in [0.2, 0.25) is 0 Å². The first-order chi connectivity index (χ1) is 15.9. The molecule has 0 aliphatic rings. The van der Waals surface area contributed by atoms with Crippen LogP contribution in [-0.4, -0.2) is 47.6 Å². The summed E-state index contributed by atoms with van der Waals surface area (Å²) >= 11 is 1.04. The Morgan fingerprint density at radius 2 is 1.91 bits per heavy atom. The van der Waals surface area contributed by atoms with E-state index >= 15 is 0 Å². The van der Waals surface area contributed by atoms with Crippen molar-refractivity contribution in [2.24, 2.45) is 0 Å². The van der Waals surface area contributed by atoms with Gasteiger partial charge < -0.3 is 15.4 Å². The number of esters is 1. The van der Waals surface area contributed by atoms with Crippen molar-refractivity contribution in [3.05, 3.63) is 43.8 Å². The monoisotopic (exact) mass is 471 g/mol. The van der Waals surface area contributed by atoms with Crippen molar-refractivity contribution >= 4 is 46.4 Å². The number of nitriles is 1. The Morgan fingerprint density at radius 3 is 2.52 bits per heavy atom. The SMILES string of the molecule is CCOC(=O)/C(C#N)=c1\s/c(=C/Nc2cccc(NC(=O)CN(CC)CC)c2)c(=O)n1CC. The number of rotatable bonds is 10. The summed E-state index contributed by atoms with van der Waals surface area (Å²) in [7, 11) is 0. The molecule has 0 atom stereocenters. The van der Waals surface area contributed by atoms with Gasteiger partial charge in [0.05, 0.1) is 13.2 Å². The lowest BCUT2D eigenvalue weighted by Crippen LogP contribution is -2.33. The summed E-state index contributed by atoms with van der Waals surface area (Å²) < 4.78 is 6.90. The van der Waals surface area contributed by atoms with Crippen molar-refractivity contribution in [2.75, 3.05) is 36.9 Å². The largest absolute Gasteiger partial charge is 0.462 e. The van der Waals surface area contributed by atoms with Crippen molar-refractivity contribution < 1.29 is 14.3 Å². The molecule has 1 heterocycles. The van der Waals surface area contributed by atoms with Gasteiger partial charge in [-0.3, -0.25) is 19.1 Å². The molecule has 2 aromatic rings. The number of likely N-dealkylation sites (N-methyl/N-ethyl adjacent to an activating group) is 1. The van der Waals surface area contributed by atoms with E-state index in [2.05, 4.69) is 10.6 Å². The molecule has 2 N–H and O–H groups in total. The molecule has 0 radical (unpaired) electrons. The molecule has 0 aliphatic carbocycles. The quantitative estimate of drug-likeness (QED) is 0.502. The van der Waals surface area contributed by atoms with E-state index < -0.39 is 5.97 Å². The van der Waals surface area contributed by atoms with Gasteiger partial charge in [-0.1, -0.05) is 19.9 Å². The van der Waals surface area contributed by atoms with Gasteiger partial charge in [0, 0.05) is 24.1 Å². The van der Waals surface area contributed by atoms with Crippen LogP contribution in [0.25, 0.3) is 11.8 Å². The Labute approximate surface area is 196 Å². The Kier molecular flexibility index (Phi) is 9.84. The highest BCUT2D eigenvalue weighted by Crippen LogP contribution is 2.15. The first-order valence-corrected chi connectivity index (χ1v) is 11.6. The summed E-state index contributed by atoms with van der Waals surface area (Å²) in [5.74, 6) is -0.858. The van der Waals surface area contributed by atoms with Crippen LogP contribution in [0, 0.1) is 11.3 Å². The van der Waals surface area contributed by atoms with Crippen molar-refractivity contribution in [1.29, 1.82) is 5.26 Å². The van der Waals surface area contributed by atoms with Crippen LogP contribution >= 0.6 is 11.3 Å². The van der Waals surface area contributed by atoms with Crippen molar-refractivity contribution in [2.45, 2.75) is 34.2 Å². The molecule has 10 heteroatoms. The van der Waals surface area contributed by atoms with Gasteiger partial charge in [-0.2, -0.15) is 5.26 Å². The predicted molar refractivity (Wildman–Crippen MR) is 130 cm³/mol. The van der Waals surface area contributed by atoms with Crippen molar-refractivity contribution in [3.8, 4) is 6.07 Å². The van der Waals surface area contributed by atoms with E-state index in [9.17, 15) is 19.6 Å². The average Bonchev–Trinajstić information content (AvgIpc) is 3.11. The summed E-state index contributed by atoms with van der Waals surface area (Å²) in [5.41, 5.74) is 0.790. The van der Waals surface area contributed by atoms with Gasteiger partial charge in [0.1, 0.15) is 15.3 Å². The zero-order valence-corrected chi connectivity index (χ0v) is 20.1. The number of nitrogens with zero attached hydrogens (tertiary/aromatic N) is 3. The molecule has 9 nitrogen and oxygen atoms in total. The highest BCUT2D eigenvalue weighted by Gasteiger charge is 2.16. The maximum atomic E-state index is 12.8. The second kappa shape index (κ2) is 12.6. The first-order valence-electron chi connectivity index (χ1n) is 10.8. The Bertz CT molecular complexity index is 1200. The van der Waals surface area contributed by atoms with E-state index in [-0.39, 0.29) is 28.3 Å². The van der Waals surface area contributed by atoms with E-state index in [1.807, 2.05) is 24.8 Å². The molecule has 1 amide bonds. The molecule has 0 saturated carbocycles. The smallest absolute Gasteiger partial charge is 0.351 e. The molecule has 1 aromatic carbocycles. The highest BCUT2D eigenvalue weighted by molar-refractivity contribution is 7.07. The molecule has 0 spiro atoms. The van der Waals surface area contributed by atoms with Gasteiger partial charge >= 0.3 is 5.97 Å². The van der Waals surface area contributed by atoms with E-state index in [4.69, 9.17) is 4.74 Å². The van der Waals surface area contributed by atoms with Crippen LogP contribution in [0.5, 0.6) is 0 Å². The summed E-state index contributed by atoms with van der Waals surface area (Å²) in [6.45, 7) is 9.75. The second-order valence-corrected chi connectivity index (χ2v) is 7.94. The zero-order valence-electron chi connectivity index (χ0n) is 19.3. The Balaban J connectivity index is 2.32. The van der Waals surface area contributed by atoms with Crippen LogP contribution < -0.4 is 25.4 Å². The van der Waals surface area contributed by atoms with E-state index in [1.165, 1.54) is 10.8 Å². The van der Waals surface area contributed by atoms with Crippen LogP contribution in [-0.2, 0) is 20.9 Å². The van der Waals surface area contributed by atoms with Gasteiger partial charge in [0.2, 0.25) is 5.91 Å². The minimum Gasteiger partial charge on any atom is -0.462 e. The van der Waals surface area contributed by atoms with Gasteiger partial charge in [-0.05, 0) is 45.1 Å². The molecule has 2 rings (SSSR count). The number of carbonyl (C=O) groups is 2. The third-order valence-electron chi connectivity index (χ3n) is 4.81. The number of hydrogen-bond donors (Lipinski definition) is 2. The van der Waals surface area contributed by atoms with Crippen molar-refractivity contribution in [3.63, 3.8) is 0 Å². The van der Waals surface area contributed by atoms with Crippen LogP contribution in [0.15, 0.2) is 29.1 Å². The number of hydrogen-bond acceptors (Lipinski definition) is 8. The molecule has 0 aliphatic heterocycles. The van der Waals surface area contributed by atoms with Gasteiger partial charge in [0.25, 0.3) is 5.56 Å². The number of nitrogens with one attached hydrogen (secondary N) is 2.